The molecule has 0 saturated heterocycles. The van der Waals surface area contributed by atoms with Crippen LogP contribution in [0.25, 0.3) is 0 Å². The maximum atomic E-state index is 12.6. The molecular formula is C21H19N3O4. The highest BCUT2D eigenvalue weighted by molar-refractivity contribution is 6.08. The summed E-state index contributed by atoms with van der Waals surface area (Å²) in [5.41, 5.74) is 6.94. The molecule has 0 atom stereocenters. The van der Waals surface area contributed by atoms with Crippen molar-refractivity contribution in [3.63, 3.8) is 0 Å². The summed E-state index contributed by atoms with van der Waals surface area (Å²) in [4.78, 5) is 42.2. The van der Waals surface area contributed by atoms with Crippen LogP contribution in [0.5, 0.6) is 0 Å². The fourth-order valence-electron chi connectivity index (χ4n) is 2.66. The molecule has 3 rings (SSSR count). The third kappa shape index (κ3) is 4.09. The number of benzene rings is 2. The van der Waals surface area contributed by atoms with E-state index in [4.69, 9.17) is 10.6 Å². The number of amides is 2. The van der Waals surface area contributed by atoms with Crippen LogP contribution in [-0.2, 0) is 6.61 Å². The third-order valence-electron chi connectivity index (χ3n) is 4.22. The SMILES string of the molecule is Cc1ccccc1COn1cccc(C(=O)Nc2ccccc2C(N)=O)c1=O. The molecule has 0 aliphatic carbocycles. The molecule has 0 saturated carbocycles. The summed E-state index contributed by atoms with van der Waals surface area (Å²) in [5.74, 6) is -1.34. The normalized spacial score (nSPS) is 10.3. The van der Waals surface area contributed by atoms with Gasteiger partial charge in [-0.1, -0.05) is 36.4 Å². The van der Waals surface area contributed by atoms with Crippen molar-refractivity contribution < 1.29 is 14.4 Å². The fourth-order valence-corrected chi connectivity index (χ4v) is 2.66. The zero-order valence-corrected chi connectivity index (χ0v) is 15.2. The second kappa shape index (κ2) is 8.22. The second-order valence-corrected chi connectivity index (χ2v) is 6.12. The summed E-state index contributed by atoms with van der Waals surface area (Å²) in [6.45, 7) is 2.13. The molecule has 0 unspecified atom stereocenters. The highest BCUT2D eigenvalue weighted by atomic mass is 16.7. The molecule has 0 fully saturated rings. The van der Waals surface area contributed by atoms with E-state index in [0.717, 1.165) is 15.9 Å². The van der Waals surface area contributed by atoms with Crippen LogP contribution in [0.2, 0.25) is 0 Å². The van der Waals surface area contributed by atoms with Crippen molar-refractivity contribution in [2.45, 2.75) is 13.5 Å². The Hall–Kier alpha value is -3.87. The molecule has 0 bridgehead atoms. The molecule has 0 aliphatic rings. The lowest BCUT2D eigenvalue weighted by atomic mass is 10.1. The van der Waals surface area contributed by atoms with E-state index >= 15 is 0 Å². The minimum Gasteiger partial charge on any atom is -0.406 e. The Bertz CT molecular complexity index is 1090. The third-order valence-corrected chi connectivity index (χ3v) is 4.22. The van der Waals surface area contributed by atoms with E-state index in [9.17, 15) is 14.4 Å². The van der Waals surface area contributed by atoms with E-state index in [2.05, 4.69) is 5.32 Å². The molecule has 3 N–H and O–H groups in total. The zero-order chi connectivity index (χ0) is 20.1. The molecule has 7 nitrogen and oxygen atoms in total. The fraction of sp³-hybridized carbons (Fsp3) is 0.0952. The van der Waals surface area contributed by atoms with Crippen molar-refractivity contribution in [1.82, 2.24) is 4.73 Å². The Kier molecular flexibility index (Phi) is 5.55. The van der Waals surface area contributed by atoms with Crippen LogP contribution < -0.4 is 21.4 Å². The second-order valence-electron chi connectivity index (χ2n) is 6.12. The number of primary amides is 1. The number of nitrogens with zero attached hydrogens (tertiary/aromatic N) is 1. The first-order valence-electron chi connectivity index (χ1n) is 8.57. The number of hydrogen-bond donors (Lipinski definition) is 2. The van der Waals surface area contributed by atoms with Crippen LogP contribution in [0, 0.1) is 6.92 Å². The van der Waals surface area contributed by atoms with E-state index in [1.165, 1.54) is 30.5 Å². The number of para-hydroxylation sites is 1. The predicted molar refractivity (Wildman–Crippen MR) is 105 cm³/mol. The highest BCUT2D eigenvalue weighted by Crippen LogP contribution is 2.15. The van der Waals surface area contributed by atoms with E-state index < -0.39 is 17.4 Å². The average molecular weight is 377 g/mol. The van der Waals surface area contributed by atoms with Gasteiger partial charge in [-0.25, -0.2) is 0 Å². The Labute approximate surface area is 161 Å². The summed E-state index contributed by atoms with van der Waals surface area (Å²) < 4.78 is 1.02. The van der Waals surface area contributed by atoms with Gasteiger partial charge < -0.3 is 15.9 Å². The van der Waals surface area contributed by atoms with Crippen molar-refractivity contribution in [2.75, 3.05) is 5.32 Å². The predicted octanol–water partition coefficient (Wildman–Crippen LogP) is 2.14. The number of aromatic nitrogens is 1. The highest BCUT2D eigenvalue weighted by Gasteiger charge is 2.16. The molecule has 2 amide bonds. The number of aryl methyl sites for hydroxylation is 1. The summed E-state index contributed by atoms with van der Waals surface area (Å²) in [6.07, 6.45) is 1.44. The Morgan fingerprint density at radius 1 is 1.00 bits per heavy atom. The molecule has 7 heteroatoms. The summed E-state index contributed by atoms with van der Waals surface area (Å²) >= 11 is 0. The van der Waals surface area contributed by atoms with Gasteiger partial charge >= 0.3 is 0 Å². The van der Waals surface area contributed by atoms with Gasteiger partial charge in [0.2, 0.25) is 0 Å². The van der Waals surface area contributed by atoms with Gasteiger partial charge in [0, 0.05) is 6.20 Å². The first-order valence-corrected chi connectivity index (χ1v) is 8.57. The first kappa shape index (κ1) is 18.9. The molecule has 142 valence electrons. The van der Waals surface area contributed by atoms with E-state index in [-0.39, 0.29) is 23.4 Å². The minimum absolute atomic E-state index is 0.119. The molecule has 0 spiro atoms. The summed E-state index contributed by atoms with van der Waals surface area (Å²) in [6, 6.07) is 16.9. The largest absolute Gasteiger partial charge is 0.406 e. The smallest absolute Gasteiger partial charge is 0.295 e. The van der Waals surface area contributed by atoms with Gasteiger partial charge in [-0.15, -0.1) is 0 Å². The number of nitrogens with two attached hydrogens (primary N) is 1. The van der Waals surface area contributed by atoms with Crippen LogP contribution in [-0.4, -0.2) is 16.5 Å². The number of pyridine rings is 1. The van der Waals surface area contributed by atoms with Crippen molar-refractivity contribution >= 4 is 17.5 Å². The Balaban J connectivity index is 1.81. The van der Waals surface area contributed by atoms with Gasteiger partial charge in [-0.05, 0) is 42.3 Å². The number of anilines is 1. The van der Waals surface area contributed by atoms with Crippen molar-refractivity contribution in [1.29, 1.82) is 0 Å². The van der Waals surface area contributed by atoms with Gasteiger partial charge in [-0.3, -0.25) is 14.4 Å². The van der Waals surface area contributed by atoms with E-state index in [1.54, 1.807) is 12.1 Å². The monoisotopic (exact) mass is 377 g/mol. The zero-order valence-electron chi connectivity index (χ0n) is 15.2. The quantitative estimate of drug-likeness (QED) is 0.687. The number of nitrogens with one attached hydrogen (secondary N) is 1. The van der Waals surface area contributed by atoms with Crippen molar-refractivity contribution in [3.8, 4) is 0 Å². The van der Waals surface area contributed by atoms with Crippen LogP contribution in [0.15, 0.2) is 71.7 Å². The Morgan fingerprint density at radius 2 is 1.68 bits per heavy atom. The van der Waals surface area contributed by atoms with Crippen molar-refractivity contribution in [3.05, 3.63) is 99.5 Å². The number of hydrogen-bond acceptors (Lipinski definition) is 4. The van der Waals surface area contributed by atoms with Gasteiger partial charge in [-0.2, -0.15) is 4.73 Å². The molecule has 3 aromatic rings. The molecule has 0 aliphatic heterocycles. The van der Waals surface area contributed by atoms with Gasteiger partial charge in [0.15, 0.2) is 0 Å². The summed E-state index contributed by atoms with van der Waals surface area (Å²) in [7, 11) is 0. The Morgan fingerprint density at radius 3 is 2.43 bits per heavy atom. The standard InChI is InChI=1S/C21H19N3O4/c1-14-7-2-3-8-15(14)13-28-24-12-6-10-17(21(24)27)20(26)23-18-11-5-4-9-16(18)19(22)25/h2-12H,13H2,1H3,(H2,22,25)(H,23,26). The van der Waals surface area contributed by atoms with Crippen LogP contribution in [0.3, 0.4) is 0 Å². The molecule has 28 heavy (non-hydrogen) atoms. The topological polar surface area (TPSA) is 103 Å². The molecule has 1 heterocycles. The minimum atomic E-state index is -0.678. The molecule has 2 aromatic carbocycles. The number of carbonyl (C=O) groups excluding carboxylic acids is 2. The van der Waals surface area contributed by atoms with Gasteiger partial charge in [0.1, 0.15) is 12.2 Å². The van der Waals surface area contributed by atoms with Crippen LogP contribution in [0.1, 0.15) is 31.8 Å². The molecule has 1 aromatic heterocycles. The van der Waals surface area contributed by atoms with E-state index in [0.29, 0.717) is 0 Å². The van der Waals surface area contributed by atoms with Crippen LogP contribution >= 0.6 is 0 Å². The lowest BCUT2D eigenvalue weighted by molar-refractivity contribution is 0.0861. The lowest BCUT2D eigenvalue weighted by Gasteiger charge is -2.12. The summed E-state index contributed by atoms with van der Waals surface area (Å²) in [5, 5.41) is 2.55. The van der Waals surface area contributed by atoms with E-state index in [1.807, 2.05) is 31.2 Å². The number of carbonyl (C=O) groups is 2. The molecule has 0 radical (unpaired) electrons. The van der Waals surface area contributed by atoms with Crippen molar-refractivity contribution in [2.24, 2.45) is 5.73 Å². The molecular weight excluding hydrogens is 358 g/mol. The van der Waals surface area contributed by atoms with Crippen LogP contribution in [0.4, 0.5) is 5.69 Å². The lowest BCUT2D eigenvalue weighted by Crippen LogP contribution is -2.32. The first-order chi connectivity index (χ1) is 13.5. The number of rotatable bonds is 6. The maximum absolute atomic E-state index is 12.6. The van der Waals surface area contributed by atoms with Gasteiger partial charge in [0.25, 0.3) is 17.4 Å². The maximum Gasteiger partial charge on any atom is 0.295 e. The van der Waals surface area contributed by atoms with Gasteiger partial charge in [0.05, 0.1) is 11.3 Å². The average Bonchev–Trinajstić information content (AvgIpc) is 2.68.